The van der Waals surface area contributed by atoms with Gasteiger partial charge in [-0.15, -0.1) is 0 Å². The van der Waals surface area contributed by atoms with Gasteiger partial charge in [0.15, 0.2) is 0 Å². The maximum atomic E-state index is 12.1. The van der Waals surface area contributed by atoms with Crippen LogP contribution in [0.2, 0.25) is 0 Å². The lowest BCUT2D eigenvalue weighted by Crippen LogP contribution is -2.49. The molecule has 2 N–H and O–H groups in total. The molecule has 0 saturated carbocycles. The van der Waals surface area contributed by atoms with E-state index < -0.39 is 18.0 Å². The van der Waals surface area contributed by atoms with E-state index in [1.165, 1.54) is 4.90 Å². The van der Waals surface area contributed by atoms with Gasteiger partial charge in [0, 0.05) is 18.1 Å². The number of carboxylic acids is 1. The molecule has 1 aromatic rings. The van der Waals surface area contributed by atoms with E-state index in [0.29, 0.717) is 13.0 Å². The molecule has 0 fully saturated rings. The molecule has 0 heterocycles. The third-order valence-electron chi connectivity index (χ3n) is 3.47. The zero-order valence-electron chi connectivity index (χ0n) is 12.5. The summed E-state index contributed by atoms with van der Waals surface area (Å²) in [4.78, 5) is 24.8. The molecular formula is C15H21BrN2O3. The Hall–Kier alpha value is -1.56. The number of amides is 2. The lowest BCUT2D eigenvalue weighted by Gasteiger charge is -2.24. The molecule has 0 saturated heterocycles. The summed E-state index contributed by atoms with van der Waals surface area (Å²) in [6.07, 6.45) is 0.686. The van der Waals surface area contributed by atoms with Crippen molar-refractivity contribution in [2.24, 2.45) is 5.92 Å². The molecule has 6 heteroatoms. The Balaban J connectivity index is 2.70. The van der Waals surface area contributed by atoms with Gasteiger partial charge in [0.2, 0.25) is 0 Å². The SMILES string of the molecule is CCC(C)[C@H](NC(=O)N(C)Cc1ccccc1Br)C(=O)O. The summed E-state index contributed by atoms with van der Waals surface area (Å²) in [6.45, 7) is 4.12. The number of hydrogen-bond donors (Lipinski definition) is 2. The summed E-state index contributed by atoms with van der Waals surface area (Å²) < 4.78 is 0.918. The van der Waals surface area contributed by atoms with Gasteiger partial charge in [-0.1, -0.05) is 54.4 Å². The second-order valence-corrected chi connectivity index (χ2v) is 5.95. The van der Waals surface area contributed by atoms with Crippen molar-refractivity contribution in [3.8, 4) is 0 Å². The predicted octanol–water partition coefficient (Wildman–Crippen LogP) is 3.09. The molecule has 2 atom stereocenters. The zero-order valence-corrected chi connectivity index (χ0v) is 14.1. The Kier molecular flexibility index (Phi) is 6.68. The van der Waals surface area contributed by atoms with Gasteiger partial charge in [-0.2, -0.15) is 0 Å². The molecule has 116 valence electrons. The molecule has 2 amide bonds. The van der Waals surface area contributed by atoms with E-state index in [1.54, 1.807) is 7.05 Å². The smallest absolute Gasteiger partial charge is 0.326 e. The Morgan fingerprint density at radius 1 is 1.38 bits per heavy atom. The molecule has 1 unspecified atom stereocenters. The van der Waals surface area contributed by atoms with Gasteiger partial charge >= 0.3 is 12.0 Å². The normalized spacial score (nSPS) is 13.3. The summed E-state index contributed by atoms with van der Waals surface area (Å²) in [5, 5.41) is 11.8. The lowest BCUT2D eigenvalue weighted by atomic mass is 9.99. The number of carbonyl (C=O) groups is 2. The third-order valence-corrected chi connectivity index (χ3v) is 4.24. The molecule has 0 aliphatic carbocycles. The van der Waals surface area contributed by atoms with E-state index in [9.17, 15) is 14.7 Å². The minimum atomic E-state index is -1.01. The summed E-state index contributed by atoms with van der Waals surface area (Å²) in [7, 11) is 1.64. The Morgan fingerprint density at radius 3 is 2.52 bits per heavy atom. The molecule has 0 aromatic heterocycles. The maximum absolute atomic E-state index is 12.1. The highest BCUT2D eigenvalue weighted by Crippen LogP contribution is 2.17. The third kappa shape index (κ3) is 5.04. The number of aliphatic carboxylic acids is 1. The highest BCUT2D eigenvalue weighted by molar-refractivity contribution is 9.10. The number of urea groups is 1. The van der Waals surface area contributed by atoms with Crippen LogP contribution in [0.25, 0.3) is 0 Å². The number of carbonyl (C=O) groups excluding carboxylic acids is 1. The van der Waals surface area contributed by atoms with E-state index in [1.807, 2.05) is 38.1 Å². The van der Waals surface area contributed by atoms with Gasteiger partial charge in [-0.05, 0) is 17.5 Å². The first-order valence-electron chi connectivity index (χ1n) is 6.84. The molecule has 0 radical (unpaired) electrons. The van der Waals surface area contributed by atoms with Crippen molar-refractivity contribution < 1.29 is 14.7 Å². The van der Waals surface area contributed by atoms with E-state index in [0.717, 1.165) is 10.0 Å². The van der Waals surface area contributed by atoms with Crippen LogP contribution in [0.4, 0.5) is 4.79 Å². The van der Waals surface area contributed by atoms with Crippen molar-refractivity contribution in [2.75, 3.05) is 7.05 Å². The van der Waals surface area contributed by atoms with Crippen LogP contribution in [-0.2, 0) is 11.3 Å². The highest BCUT2D eigenvalue weighted by atomic mass is 79.9. The highest BCUT2D eigenvalue weighted by Gasteiger charge is 2.26. The van der Waals surface area contributed by atoms with Gasteiger partial charge < -0.3 is 15.3 Å². The van der Waals surface area contributed by atoms with Crippen molar-refractivity contribution >= 4 is 27.9 Å². The Labute approximate surface area is 133 Å². The number of rotatable bonds is 6. The first-order valence-corrected chi connectivity index (χ1v) is 7.64. The fourth-order valence-electron chi connectivity index (χ4n) is 1.88. The average Bonchev–Trinajstić information content (AvgIpc) is 2.45. The predicted molar refractivity (Wildman–Crippen MR) is 85.0 cm³/mol. The number of benzene rings is 1. The van der Waals surface area contributed by atoms with Crippen molar-refractivity contribution in [3.63, 3.8) is 0 Å². The fraction of sp³-hybridized carbons (Fsp3) is 0.467. The summed E-state index contributed by atoms with van der Waals surface area (Å²) in [5.41, 5.74) is 0.963. The van der Waals surface area contributed by atoms with Gasteiger partial charge in [0.05, 0.1) is 0 Å². The summed E-state index contributed by atoms with van der Waals surface area (Å²) in [6, 6.07) is 6.35. The zero-order chi connectivity index (χ0) is 16.0. The fourth-order valence-corrected chi connectivity index (χ4v) is 2.29. The van der Waals surface area contributed by atoms with Crippen LogP contribution in [-0.4, -0.2) is 35.1 Å². The van der Waals surface area contributed by atoms with Crippen molar-refractivity contribution in [3.05, 3.63) is 34.3 Å². The maximum Gasteiger partial charge on any atom is 0.326 e. The summed E-state index contributed by atoms with van der Waals surface area (Å²) >= 11 is 3.43. The van der Waals surface area contributed by atoms with Crippen LogP contribution in [0.1, 0.15) is 25.8 Å². The molecule has 0 aliphatic rings. The van der Waals surface area contributed by atoms with Gasteiger partial charge in [-0.3, -0.25) is 0 Å². The standard InChI is InChI=1S/C15H21BrN2O3/c1-4-10(2)13(14(19)20)17-15(21)18(3)9-11-7-5-6-8-12(11)16/h5-8,10,13H,4,9H2,1-3H3,(H,17,21)(H,19,20)/t10?,13-/m0/s1. The van der Waals surface area contributed by atoms with E-state index in [-0.39, 0.29) is 5.92 Å². The quantitative estimate of drug-likeness (QED) is 0.822. The molecule has 0 bridgehead atoms. The molecular weight excluding hydrogens is 336 g/mol. The second kappa shape index (κ2) is 8.02. The van der Waals surface area contributed by atoms with Crippen molar-refractivity contribution in [2.45, 2.75) is 32.9 Å². The molecule has 5 nitrogen and oxygen atoms in total. The first kappa shape index (κ1) is 17.5. The van der Waals surface area contributed by atoms with E-state index in [2.05, 4.69) is 21.2 Å². The molecule has 0 spiro atoms. The topological polar surface area (TPSA) is 69.6 Å². The molecule has 21 heavy (non-hydrogen) atoms. The largest absolute Gasteiger partial charge is 0.480 e. The monoisotopic (exact) mass is 356 g/mol. The molecule has 1 aromatic carbocycles. The van der Waals surface area contributed by atoms with E-state index >= 15 is 0 Å². The van der Waals surface area contributed by atoms with Crippen LogP contribution in [0.15, 0.2) is 28.7 Å². The lowest BCUT2D eigenvalue weighted by molar-refractivity contribution is -0.140. The average molecular weight is 357 g/mol. The summed E-state index contributed by atoms with van der Waals surface area (Å²) in [5.74, 6) is -1.13. The van der Waals surface area contributed by atoms with Crippen molar-refractivity contribution in [1.82, 2.24) is 10.2 Å². The van der Waals surface area contributed by atoms with Crippen molar-refractivity contribution in [1.29, 1.82) is 0 Å². The van der Waals surface area contributed by atoms with E-state index in [4.69, 9.17) is 0 Å². The molecule has 0 aliphatic heterocycles. The van der Waals surface area contributed by atoms with Gasteiger partial charge in [0.1, 0.15) is 6.04 Å². The Morgan fingerprint density at radius 2 is 2.00 bits per heavy atom. The minimum absolute atomic E-state index is 0.122. The number of halogens is 1. The minimum Gasteiger partial charge on any atom is -0.480 e. The van der Waals surface area contributed by atoms with Crippen LogP contribution in [0, 0.1) is 5.92 Å². The van der Waals surface area contributed by atoms with Crippen LogP contribution >= 0.6 is 15.9 Å². The van der Waals surface area contributed by atoms with Crippen LogP contribution < -0.4 is 5.32 Å². The number of carboxylic acid groups (broad SMARTS) is 1. The van der Waals surface area contributed by atoms with Crippen LogP contribution in [0.3, 0.4) is 0 Å². The van der Waals surface area contributed by atoms with Gasteiger partial charge in [0.25, 0.3) is 0 Å². The number of nitrogens with zero attached hydrogens (tertiary/aromatic N) is 1. The number of hydrogen-bond acceptors (Lipinski definition) is 2. The van der Waals surface area contributed by atoms with Gasteiger partial charge in [-0.25, -0.2) is 9.59 Å². The molecule has 1 rings (SSSR count). The first-order chi connectivity index (χ1) is 9.86. The number of nitrogens with one attached hydrogen (secondary N) is 1. The Bertz CT molecular complexity index is 507. The second-order valence-electron chi connectivity index (χ2n) is 5.10. The van der Waals surface area contributed by atoms with Crippen LogP contribution in [0.5, 0.6) is 0 Å².